The van der Waals surface area contributed by atoms with Crippen molar-refractivity contribution >= 4 is 5.91 Å². The van der Waals surface area contributed by atoms with Crippen molar-refractivity contribution in [2.24, 2.45) is 7.05 Å². The van der Waals surface area contributed by atoms with Crippen molar-refractivity contribution < 1.29 is 9.32 Å². The molecule has 8 heteroatoms. The monoisotopic (exact) mass is 318 g/mol. The molecule has 8 nitrogen and oxygen atoms in total. The number of likely N-dealkylation sites (tertiary alicyclic amines) is 1. The van der Waals surface area contributed by atoms with Crippen LogP contribution in [0.15, 0.2) is 10.7 Å². The zero-order valence-corrected chi connectivity index (χ0v) is 14.0. The highest BCUT2D eigenvalue weighted by Gasteiger charge is 2.45. The molecule has 1 aliphatic rings. The number of amides is 1. The van der Waals surface area contributed by atoms with E-state index in [1.807, 2.05) is 17.9 Å². The Hall–Kier alpha value is -2.22. The van der Waals surface area contributed by atoms with Crippen molar-refractivity contribution in [3.05, 3.63) is 29.2 Å². The van der Waals surface area contributed by atoms with Crippen LogP contribution in [0.2, 0.25) is 0 Å². The highest BCUT2D eigenvalue weighted by Crippen LogP contribution is 2.32. The Morgan fingerprint density at radius 3 is 2.83 bits per heavy atom. The number of carbonyl (C=O) groups is 1. The van der Waals surface area contributed by atoms with Crippen molar-refractivity contribution in [2.45, 2.75) is 39.3 Å². The number of hydrogen-bond acceptors (Lipinski definition) is 6. The van der Waals surface area contributed by atoms with Crippen LogP contribution in [0.3, 0.4) is 0 Å². The van der Waals surface area contributed by atoms with Crippen molar-refractivity contribution in [1.82, 2.24) is 30.1 Å². The first kappa shape index (κ1) is 15.7. The summed E-state index contributed by atoms with van der Waals surface area (Å²) in [6, 6.07) is 0. The van der Waals surface area contributed by atoms with Gasteiger partial charge in [0.05, 0.1) is 6.20 Å². The van der Waals surface area contributed by atoms with Crippen LogP contribution in [0.5, 0.6) is 0 Å². The zero-order valence-electron chi connectivity index (χ0n) is 14.0. The smallest absolute Gasteiger partial charge is 0.253 e. The molecule has 0 saturated carbocycles. The van der Waals surface area contributed by atoms with Crippen LogP contribution in [-0.4, -0.2) is 43.8 Å². The number of nitrogens with zero attached hydrogens (tertiary/aromatic N) is 5. The quantitative estimate of drug-likeness (QED) is 0.891. The zero-order chi connectivity index (χ0) is 16.6. The molecule has 2 aromatic rings. The summed E-state index contributed by atoms with van der Waals surface area (Å²) in [5.74, 6) is 0.960. The second kappa shape index (κ2) is 5.77. The van der Waals surface area contributed by atoms with Crippen LogP contribution < -0.4 is 5.32 Å². The predicted molar refractivity (Wildman–Crippen MR) is 82.4 cm³/mol. The fourth-order valence-electron chi connectivity index (χ4n) is 3.12. The summed E-state index contributed by atoms with van der Waals surface area (Å²) in [4.78, 5) is 18.3. The molecular formula is C15H22N6O2. The van der Waals surface area contributed by atoms with Crippen molar-refractivity contribution in [3.8, 4) is 0 Å². The van der Waals surface area contributed by atoms with Crippen LogP contribution in [0, 0.1) is 13.8 Å². The van der Waals surface area contributed by atoms with Gasteiger partial charge in [0.25, 0.3) is 5.89 Å². The normalized spacial score (nSPS) is 21.7. The van der Waals surface area contributed by atoms with Gasteiger partial charge in [0.15, 0.2) is 5.82 Å². The van der Waals surface area contributed by atoms with E-state index in [4.69, 9.17) is 4.52 Å². The standard InChI is InChI=1S/C15H22N6O2/c1-10-13(7-16-20(10)4)8-21-6-5-15(9-21,18-12(3)22)14-17-11(2)19-23-14/h7H,5-6,8-9H2,1-4H3,(H,18,22). The summed E-state index contributed by atoms with van der Waals surface area (Å²) in [6.07, 6.45) is 2.64. The molecule has 0 bridgehead atoms. The van der Waals surface area contributed by atoms with E-state index in [-0.39, 0.29) is 5.91 Å². The molecule has 1 saturated heterocycles. The first-order chi connectivity index (χ1) is 10.9. The maximum absolute atomic E-state index is 11.7. The lowest BCUT2D eigenvalue weighted by atomic mass is 9.98. The molecule has 1 amide bonds. The van der Waals surface area contributed by atoms with E-state index in [1.54, 1.807) is 6.92 Å². The van der Waals surface area contributed by atoms with Gasteiger partial charge in [0.2, 0.25) is 5.91 Å². The van der Waals surface area contributed by atoms with Gasteiger partial charge in [0.1, 0.15) is 5.54 Å². The summed E-state index contributed by atoms with van der Waals surface area (Å²) >= 11 is 0. The topological polar surface area (TPSA) is 89.1 Å². The van der Waals surface area contributed by atoms with Gasteiger partial charge < -0.3 is 9.84 Å². The number of rotatable bonds is 4. The molecule has 3 heterocycles. The lowest BCUT2D eigenvalue weighted by molar-refractivity contribution is -0.121. The van der Waals surface area contributed by atoms with Gasteiger partial charge in [-0.2, -0.15) is 10.1 Å². The molecule has 1 fully saturated rings. The van der Waals surface area contributed by atoms with Crippen LogP contribution in [0.25, 0.3) is 0 Å². The highest BCUT2D eigenvalue weighted by molar-refractivity contribution is 5.74. The second-order valence-electron chi connectivity index (χ2n) is 6.25. The molecule has 2 aromatic heterocycles. The first-order valence-electron chi connectivity index (χ1n) is 7.69. The van der Waals surface area contributed by atoms with Gasteiger partial charge >= 0.3 is 0 Å². The van der Waals surface area contributed by atoms with Gasteiger partial charge in [-0.3, -0.25) is 14.4 Å². The van der Waals surface area contributed by atoms with Gasteiger partial charge in [-0.05, 0) is 20.3 Å². The lowest BCUT2D eigenvalue weighted by Gasteiger charge is -2.26. The number of nitrogens with one attached hydrogen (secondary N) is 1. The molecule has 0 aliphatic carbocycles. The third-order valence-corrected chi connectivity index (χ3v) is 4.43. The average molecular weight is 318 g/mol. The van der Waals surface area contributed by atoms with E-state index in [0.29, 0.717) is 18.3 Å². The Balaban J connectivity index is 1.80. The summed E-state index contributed by atoms with van der Waals surface area (Å²) < 4.78 is 7.23. The van der Waals surface area contributed by atoms with Crippen molar-refractivity contribution in [1.29, 1.82) is 0 Å². The van der Waals surface area contributed by atoms with Crippen LogP contribution in [0.1, 0.15) is 36.3 Å². The Morgan fingerprint density at radius 1 is 1.48 bits per heavy atom. The van der Waals surface area contributed by atoms with Gasteiger partial charge in [-0.15, -0.1) is 0 Å². The van der Waals surface area contributed by atoms with Crippen LogP contribution >= 0.6 is 0 Å². The number of hydrogen-bond donors (Lipinski definition) is 1. The molecule has 1 unspecified atom stereocenters. The van der Waals surface area contributed by atoms with Crippen molar-refractivity contribution in [3.63, 3.8) is 0 Å². The molecule has 3 rings (SSSR count). The van der Waals surface area contributed by atoms with Gasteiger partial charge in [-0.1, -0.05) is 5.16 Å². The summed E-state index contributed by atoms with van der Waals surface area (Å²) in [5, 5.41) is 11.2. The first-order valence-corrected chi connectivity index (χ1v) is 7.69. The fraction of sp³-hybridized carbons (Fsp3) is 0.600. The van der Waals surface area contributed by atoms with Crippen LogP contribution in [0.4, 0.5) is 0 Å². The fourth-order valence-corrected chi connectivity index (χ4v) is 3.12. The Labute approximate surface area is 134 Å². The molecule has 1 N–H and O–H groups in total. The number of aryl methyl sites for hydroxylation is 2. The minimum Gasteiger partial charge on any atom is -0.341 e. The molecule has 1 atom stereocenters. The van der Waals surface area contributed by atoms with Crippen molar-refractivity contribution in [2.75, 3.05) is 13.1 Å². The molecule has 124 valence electrons. The minimum absolute atomic E-state index is 0.0970. The Bertz CT molecular complexity index is 721. The predicted octanol–water partition coefficient (Wildman–Crippen LogP) is 0.657. The van der Waals surface area contributed by atoms with E-state index < -0.39 is 5.54 Å². The van der Waals surface area contributed by atoms with E-state index >= 15 is 0 Å². The van der Waals surface area contributed by atoms with Crippen LogP contribution in [-0.2, 0) is 23.9 Å². The molecule has 1 aliphatic heterocycles. The van der Waals surface area contributed by atoms with Gasteiger partial charge in [-0.25, -0.2) is 0 Å². The second-order valence-corrected chi connectivity index (χ2v) is 6.25. The lowest BCUT2D eigenvalue weighted by Crippen LogP contribution is -2.47. The average Bonchev–Trinajstić information content (AvgIpc) is 3.16. The molecule has 0 aromatic carbocycles. The molecular weight excluding hydrogens is 296 g/mol. The number of carbonyl (C=O) groups excluding carboxylic acids is 1. The van der Waals surface area contributed by atoms with Gasteiger partial charge in [0, 0.05) is 44.9 Å². The third-order valence-electron chi connectivity index (χ3n) is 4.43. The minimum atomic E-state index is -0.608. The molecule has 0 spiro atoms. The third kappa shape index (κ3) is 2.98. The molecule has 0 radical (unpaired) electrons. The summed E-state index contributed by atoms with van der Waals surface area (Å²) in [6.45, 7) is 7.62. The summed E-state index contributed by atoms with van der Waals surface area (Å²) in [7, 11) is 1.94. The van der Waals surface area contributed by atoms with E-state index in [2.05, 4.69) is 32.4 Å². The highest BCUT2D eigenvalue weighted by atomic mass is 16.5. The molecule has 23 heavy (non-hydrogen) atoms. The number of aromatic nitrogens is 4. The Kier molecular flexibility index (Phi) is 3.93. The Morgan fingerprint density at radius 2 is 2.26 bits per heavy atom. The summed E-state index contributed by atoms with van der Waals surface area (Å²) in [5.41, 5.74) is 1.73. The van der Waals surface area contributed by atoms with E-state index in [0.717, 1.165) is 25.2 Å². The van der Waals surface area contributed by atoms with E-state index in [1.165, 1.54) is 12.5 Å². The largest absolute Gasteiger partial charge is 0.341 e. The van der Waals surface area contributed by atoms with E-state index in [9.17, 15) is 4.79 Å². The SMILES string of the molecule is CC(=O)NC1(c2nc(C)no2)CCN(Cc2cnn(C)c2C)C1. The maximum Gasteiger partial charge on any atom is 0.253 e. The maximum atomic E-state index is 11.7.